The van der Waals surface area contributed by atoms with E-state index in [1.807, 2.05) is 71.8 Å². The molecule has 0 unspecified atom stereocenters. The van der Waals surface area contributed by atoms with E-state index in [9.17, 15) is 13.2 Å². The van der Waals surface area contributed by atoms with Crippen LogP contribution in [-0.2, 0) is 19.0 Å². The van der Waals surface area contributed by atoms with Crippen molar-refractivity contribution in [2.45, 2.75) is 32.9 Å². The van der Waals surface area contributed by atoms with E-state index in [0.29, 0.717) is 22.9 Å². The number of ether oxygens (including phenoxy) is 2. The van der Waals surface area contributed by atoms with E-state index in [2.05, 4.69) is 15.0 Å². The molecular formula is C30H28F3N5O2. The molecule has 0 aliphatic carbocycles. The minimum Gasteiger partial charge on any atom is -0.495 e. The Morgan fingerprint density at radius 3 is 1.50 bits per heavy atom. The number of halogens is 3. The molecule has 0 radical (unpaired) electrons. The molecule has 0 atom stereocenters. The maximum absolute atomic E-state index is 13.9. The number of hydrogen-bond acceptors (Lipinski definition) is 5. The molecule has 0 N–H and O–H groups in total. The first kappa shape index (κ1) is 27.0. The standard InChI is InChI=1S/C30H28F3N5O2/c1-19-15-37(17-34-19)26-7-5-21(11-28(26)39-3)9-24-13-23(30(31,32)33)14-25(36-24)10-22-6-8-27(29(12-22)40-4)38-16-20(2)35-18-38/h5-8,11-18H,9-10H2,1-4H3. The van der Waals surface area contributed by atoms with Gasteiger partial charge in [0.25, 0.3) is 0 Å². The molecule has 5 aromatic rings. The lowest BCUT2D eigenvalue weighted by atomic mass is 10.0. The minimum atomic E-state index is -4.51. The molecule has 0 amide bonds. The fourth-order valence-electron chi connectivity index (χ4n) is 4.61. The van der Waals surface area contributed by atoms with Gasteiger partial charge < -0.3 is 18.6 Å². The number of alkyl halides is 3. The highest BCUT2D eigenvalue weighted by Gasteiger charge is 2.31. The van der Waals surface area contributed by atoms with Gasteiger partial charge in [-0.05, 0) is 61.4 Å². The van der Waals surface area contributed by atoms with Crippen molar-refractivity contribution in [2.24, 2.45) is 0 Å². The third-order valence-electron chi connectivity index (χ3n) is 6.50. The molecule has 206 valence electrons. The summed E-state index contributed by atoms with van der Waals surface area (Å²) in [7, 11) is 3.11. The molecule has 2 aromatic carbocycles. The van der Waals surface area contributed by atoms with Gasteiger partial charge in [0.1, 0.15) is 11.5 Å². The number of benzene rings is 2. The van der Waals surface area contributed by atoms with Gasteiger partial charge in [0.15, 0.2) is 0 Å². The van der Waals surface area contributed by atoms with Gasteiger partial charge in [-0.15, -0.1) is 0 Å². The average Bonchev–Trinajstić information content (AvgIpc) is 3.55. The third-order valence-corrected chi connectivity index (χ3v) is 6.50. The van der Waals surface area contributed by atoms with Crippen molar-refractivity contribution in [2.75, 3.05) is 14.2 Å². The van der Waals surface area contributed by atoms with E-state index in [1.165, 1.54) is 0 Å². The van der Waals surface area contributed by atoms with Gasteiger partial charge in [0.05, 0.1) is 55.2 Å². The second kappa shape index (κ2) is 10.9. The van der Waals surface area contributed by atoms with Gasteiger partial charge in [0, 0.05) is 36.6 Å². The van der Waals surface area contributed by atoms with E-state index in [-0.39, 0.29) is 12.8 Å². The lowest BCUT2D eigenvalue weighted by molar-refractivity contribution is -0.137. The predicted molar refractivity (Wildman–Crippen MR) is 145 cm³/mol. The molecule has 0 aliphatic heterocycles. The quantitative estimate of drug-likeness (QED) is 0.229. The Kier molecular flexibility index (Phi) is 7.34. The fourth-order valence-corrected chi connectivity index (χ4v) is 4.61. The monoisotopic (exact) mass is 547 g/mol. The fraction of sp³-hybridized carbons (Fsp3) is 0.233. The van der Waals surface area contributed by atoms with Crippen LogP contribution in [0.3, 0.4) is 0 Å². The molecule has 0 fully saturated rings. The topological polar surface area (TPSA) is 67.0 Å². The van der Waals surface area contributed by atoms with Crippen LogP contribution < -0.4 is 9.47 Å². The van der Waals surface area contributed by atoms with E-state index in [0.717, 1.165) is 46.0 Å². The summed E-state index contributed by atoms with van der Waals surface area (Å²) in [5.74, 6) is 1.17. The molecule has 0 spiro atoms. The van der Waals surface area contributed by atoms with Crippen LogP contribution >= 0.6 is 0 Å². The van der Waals surface area contributed by atoms with E-state index >= 15 is 0 Å². The summed E-state index contributed by atoms with van der Waals surface area (Å²) in [5.41, 5.74) is 4.73. The van der Waals surface area contributed by atoms with Crippen molar-refractivity contribution in [1.29, 1.82) is 0 Å². The summed E-state index contributed by atoms with van der Waals surface area (Å²) in [6.07, 6.45) is 3.02. The summed E-state index contributed by atoms with van der Waals surface area (Å²) in [6.45, 7) is 3.78. The number of aromatic nitrogens is 5. The first-order chi connectivity index (χ1) is 19.1. The summed E-state index contributed by atoms with van der Waals surface area (Å²) in [5, 5.41) is 0. The van der Waals surface area contributed by atoms with Crippen LogP contribution in [-0.4, -0.2) is 38.3 Å². The second-order valence-corrected chi connectivity index (χ2v) is 9.55. The normalized spacial score (nSPS) is 11.6. The van der Waals surface area contributed by atoms with Crippen molar-refractivity contribution in [1.82, 2.24) is 24.1 Å². The van der Waals surface area contributed by atoms with Crippen molar-refractivity contribution >= 4 is 0 Å². The van der Waals surface area contributed by atoms with Crippen molar-refractivity contribution in [3.8, 4) is 22.9 Å². The van der Waals surface area contributed by atoms with Crippen molar-refractivity contribution in [3.63, 3.8) is 0 Å². The molecule has 3 heterocycles. The van der Waals surface area contributed by atoms with Crippen LogP contribution in [0.5, 0.6) is 11.5 Å². The Labute approximate surface area is 229 Å². The van der Waals surface area contributed by atoms with Crippen LogP contribution in [0.25, 0.3) is 11.4 Å². The summed E-state index contributed by atoms with van der Waals surface area (Å²) < 4.78 is 56.4. The van der Waals surface area contributed by atoms with E-state index in [1.54, 1.807) is 26.9 Å². The Balaban J connectivity index is 1.45. The van der Waals surface area contributed by atoms with Gasteiger partial charge in [-0.25, -0.2) is 9.97 Å². The molecule has 0 saturated carbocycles. The smallest absolute Gasteiger partial charge is 0.416 e. The van der Waals surface area contributed by atoms with Crippen molar-refractivity contribution < 1.29 is 22.6 Å². The Morgan fingerprint density at radius 1 is 0.700 bits per heavy atom. The Bertz CT molecular complexity index is 1540. The SMILES string of the molecule is COc1cc(Cc2cc(C(F)(F)F)cc(Cc3ccc(-n4cnc(C)c4)c(OC)c3)n2)ccc1-n1cnc(C)c1. The molecule has 40 heavy (non-hydrogen) atoms. The number of hydrogen-bond donors (Lipinski definition) is 0. The number of rotatable bonds is 8. The van der Waals surface area contributed by atoms with Gasteiger partial charge in [0.2, 0.25) is 0 Å². The maximum atomic E-state index is 13.9. The van der Waals surface area contributed by atoms with Crippen LogP contribution in [0.4, 0.5) is 13.2 Å². The largest absolute Gasteiger partial charge is 0.495 e. The lowest BCUT2D eigenvalue weighted by Crippen LogP contribution is -2.09. The lowest BCUT2D eigenvalue weighted by Gasteiger charge is -2.14. The highest BCUT2D eigenvalue weighted by Crippen LogP contribution is 2.32. The first-order valence-electron chi connectivity index (χ1n) is 12.6. The van der Waals surface area contributed by atoms with Gasteiger partial charge in [-0.2, -0.15) is 13.2 Å². The molecule has 7 nitrogen and oxygen atoms in total. The van der Waals surface area contributed by atoms with Crippen LogP contribution in [0.2, 0.25) is 0 Å². The molecule has 5 rings (SSSR count). The van der Waals surface area contributed by atoms with Crippen LogP contribution in [0.1, 0.15) is 39.5 Å². The molecule has 0 aliphatic rings. The zero-order valence-electron chi connectivity index (χ0n) is 22.5. The number of aryl methyl sites for hydroxylation is 2. The highest BCUT2D eigenvalue weighted by atomic mass is 19.4. The third kappa shape index (κ3) is 5.85. The number of nitrogens with zero attached hydrogens (tertiary/aromatic N) is 5. The van der Waals surface area contributed by atoms with E-state index < -0.39 is 11.7 Å². The molecule has 0 bridgehead atoms. The van der Waals surface area contributed by atoms with Gasteiger partial charge in [-0.3, -0.25) is 4.98 Å². The zero-order valence-corrected chi connectivity index (χ0v) is 22.5. The van der Waals surface area contributed by atoms with E-state index in [4.69, 9.17) is 9.47 Å². The average molecular weight is 548 g/mol. The van der Waals surface area contributed by atoms with Gasteiger partial charge >= 0.3 is 6.18 Å². The maximum Gasteiger partial charge on any atom is 0.416 e. The number of imidazole rings is 2. The second-order valence-electron chi connectivity index (χ2n) is 9.55. The van der Waals surface area contributed by atoms with Crippen LogP contribution in [0.15, 0.2) is 73.6 Å². The zero-order chi connectivity index (χ0) is 28.4. The molecule has 3 aromatic heterocycles. The Morgan fingerprint density at radius 2 is 1.15 bits per heavy atom. The molecule has 0 saturated heterocycles. The van der Waals surface area contributed by atoms with Crippen molar-refractivity contribution in [3.05, 3.63) is 113 Å². The summed E-state index contributed by atoms with van der Waals surface area (Å²) in [4.78, 5) is 13.1. The van der Waals surface area contributed by atoms with Crippen LogP contribution in [0, 0.1) is 13.8 Å². The molecular weight excluding hydrogens is 519 g/mol. The first-order valence-corrected chi connectivity index (χ1v) is 12.6. The Hall–Kier alpha value is -4.60. The highest BCUT2D eigenvalue weighted by molar-refractivity contribution is 5.51. The summed E-state index contributed by atoms with van der Waals surface area (Å²) in [6, 6.07) is 13.3. The van der Waals surface area contributed by atoms with Gasteiger partial charge in [-0.1, -0.05) is 12.1 Å². The summed E-state index contributed by atoms with van der Waals surface area (Å²) >= 11 is 0. The minimum absolute atomic E-state index is 0.207. The predicted octanol–water partition coefficient (Wildman–Crippen LogP) is 6.29. The number of methoxy groups -OCH3 is 2. The number of pyridine rings is 1. The molecule has 10 heteroatoms.